The molecule has 17 heavy (non-hydrogen) atoms. The van der Waals surface area contributed by atoms with Gasteiger partial charge in [0.2, 0.25) is 0 Å². The lowest BCUT2D eigenvalue weighted by Crippen LogP contribution is -2.38. The van der Waals surface area contributed by atoms with Gasteiger partial charge in [-0.3, -0.25) is 4.79 Å². The molecule has 0 heterocycles. The van der Waals surface area contributed by atoms with Gasteiger partial charge < -0.3 is 10.4 Å². The van der Waals surface area contributed by atoms with Crippen molar-refractivity contribution in [1.29, 1.82) is 0 Å². The Balaban J connectivity index is 2.76. The third-order valence-electron chi connectivity index (χ3n) is 2.80. The van der Waals surface area contributed by atoms with E-state index in [0.717, 1.165) is 10.0 Å². The summed E-state index contributed by atoms with van der Waals surface area (Å²) in [5.41, 5.74) is 1.67. The van der Waals surface area contributed by atoms with Gasteiger partial charge in [-0.15, -0.1) is 0 Å². The molecule has 1 rings (SSSR count). The Kier molecular flexibility index (Phi) is 5.15. The number of halogens is 1. The Labute approximate surface area is 110 Å². The maximum Gasteiger partial charge on any atom is 0.251 e. The van der Waals surface area contributed by atoms with Crippen molar-refractivity contribution in [3.8, 4) is 0 Å². The van der Waals surface area contributed by atoms with E-state index in [9.17, 15) is 4.79 Å². The first-order valence-corrected chi connectivity index (χ1v) is 6.42. The zero-order valence-corrected chi connectivity index (χ0v) is 11.9. The van der Waals surface area contributed by atoms with Crippen LogP contribution in [0, 0.1) is 12.8 Å². The quantitative estimate of drug-likeness (QED) is 0.897. The van der Waals surface area contributed by atoms with Crippen LogP contribution in [0.15, 0.2) is 22.7 Å². The number of aliphatic hydroxyl groups is 1. The molecule has 94 valence electrons. The number of hydrogen-bond donors (Lipinski definition) is 2. The summed E-state index contributed by atoms with van der Waals surface area (Å²) in [5.74, 6) is -0.0607. The van der Waals surface area contributed by atoms with Crippen molar-refractivity contribution >= 4 is 21.8 Å². The lowest BCUT2D eigenvalue weighted by molar-refractivity contribution is 0.0916. The van der Waals surface area contributed by atoms with Gasteiger partial charge >= 0.3 is 0 Å². The zero-order chi connectivity index (χ0) is 13.0. The molecule has 2 atom stereocenters. The number of rotatable bonds is 4. The number of carbonyl (C=O) groups excluding carboxylic acids is 1. The molecular weight excluding hydrogens is 282 g/mol. The minimum Gasteiger partial charge on any atom is -0.396 e. The van der Waals surface area contributed by atoms with Crippen LogP contribution in [0.5, 0.6) is 0 Å². The summed E-state index contributed by atoms with van der Waals surface area (Å²) < 4.78 is 0.894. The number of carbonyl (C=O) groups is 1. The second-order valence-corrected chi connectivity index (χ2v) is 5.35. The highest BCUT2D eigenvalue weighted by Crippen LogP contribution is 2.15. The Hall–Kier alpha value is -0.870. The van der Waals surface area contributed by atoms with Crippen LogP contribution >= 0.6 is 15.9 Å². The molecule has 0 unspecified atom stereocenters. The maximum absolute atomic E-state index is 12.0. The van der Waals surface area contributed by atoms with Crippen molar-refractivity contribution in [2.45, 2.75) is 26.8 Å². The molecule has 0 aromatic heterocycles. The van der Waals surface area contributed by atoms with Gasteiger partial charge in [-0.05, 0) is 43.5 Å². The molecule has 0 bridgehead atoms. The second-order valence-electron chi connectivity index (χ2n) is 4.44. The fourth-order valence-corrected chi connectivity index (χ4v) is 2.07. The summed E-state index contributed by atoms with van der Waals surface area (Å²) in [6.07, 6.45) is 0. The summed E-state index contributed by atoms with van der Waals surface area (Å²) in [7, 11) is 0. The smallest absolute Gasteiger partial charge is 0.251 e. The minimum atomic E-state index is -0.109. The monoisotopic (exact) mass is 299 g/mol. The van der Waals surface area contributed by atoms with Crippen LogP contribution in [-0.4, -0.2) is 23.7 Å². The van der Waals surface area contributed by atoms with E-state index < -0.39 is 0 Å². The first-order valence-electron chi connectivity index (χ1n) is 5.63. The largest absolute Gasteiger partial charge is 0.396 e. The SMILES string of the molecule is Cc1cc(Br)cc(C(=O)N[C@@H](C)[C@H](C)CO)c1. The molecule has 0 fully saturated rings. The summed E-state index contributed by atoms with van der Waals surface area (Å²) in [5, 5.41) is 11.9. The van der Waals surface area contributed by atoms with Gasteiger partial charge in [0.15, 0.2) is 0 Å². The van der Waals surface area contributed by atoms with Crippen LogP contribution in [0.1, 0.15) is 29.8 Å². The fourth-order valence-electron chi connectivity index (χ4n) is 1.46. The molecular formula is C13H18BrNO2. The van der Waals surface area contributed by atoms with Gasteiger partial charge in [-0.2, -0.15) is 0 Å². The standard InChI is InChI=1S/C13H18BrNO2/c1-8-4-11(6-12(14)5-8)13(17)15-10(3)9(2)7-16/h4-6,9-10,16H,7H2,1-3H3,(H,15,17)/t9-,10+/m1/s1. The van der Waals surface area contributed by atoms with Crippen LogP contribution in [-0.2, 0) is 0 Å². The molecule has 3 nitrogen and oxygen atoms in total. The van der Waals surface area contributed by atoms with Gasteiger partial charge in [0.05, 0.1) is 0 Å². The topological polar surface area (TPSA) is 49.3 Å². The predicted octanol–water partition coefficient (Wildman–Crippen LogP) is 2.50. The number of hydrogen-bond acceptors (Lipinski definition) is 2. The maximum atomic E-state index is 12.0. The molecule has 2 N–H and O–H groups in total. The molecule has 4 heteroatoms. The summed E-state index contributed by atoms with van der Waals surface area (Å²) in [6, 6.07) is 5.54. The molecule has 1 aromatic carbocycles. The van der Waals surface area contributed by atoms with E-state index in [1.165, 1.54) is 0 Å². The van der Waals surface area contributed by atoms with E-state index in [4.69, 9.17) is 5.11 Å². The number of nitrogens with one attached hydrogen (secondary N) is 1. The van der Waals surface area contributed by atoms with Crippen molar-refractivity contribution in [3.63, 3.8) is 0 Å². The van der Waals surface area contributed by atoms with Crippen molar-refractivity contribution in [2.24, 2.45) is 5.92 Å². The van der Waals surface area contributed by atoms with Crippen molar-refractivity contribution < 1.29 is 9.90 Å². The van der Waals surface area contributed by atoms with Gasteiger partial charge in [-0.25, -0.2) is 0 Å². The highest BCUT2D eigenvalue weighted by Gasteiger charge is 2.15. The molecule has 1 aromatic rings. The van der Waals surface area contributed by atoms with E-state index in [2.05, 4.69) is 21.2 Å². The third kappa shape index (κ3) is 4.13. The Morgan fingerprint density at radius 1 is 1.41 bits per heavy atom. The van der Waals surface area contributed by atoms with Crippen LogP contribution in [0.25, 0.3) is 0 Å². The van der Waals surface area contributed by atoms with Gasteiger partial charge in [0.1, 0.15) is 0 Å². The lowest BCUT2D eigenvalue weighted by Gasteiger charge is -2.19. The molecule has 0 aliphatic carbocycles. The molecule has 0 saturated heterocycles. The van der Waals surface area contributed by atoms with Crippen molar-refractivity contribution in [1.82, 2.24) is 5.32 Å². The van der Waals surface area contributed by atoms with E-state index in [1.54, 1.807) is 6.07 Å². The summed E-state index contributed by atoms with van der Waals surface area (Å²) in [6.45, 7) is 5.81. The lowest BCUT2D eigenvalue weighted by atomic mass is 10.0. The van der Waals surface area contributed by atoms with Crippen LogP contribution in [0.4, 0.5) is 0 Å². The van der Waals surface area contributed by atoms with E-state index in [0.29, 0.717) is 5.56 Å². The van der Waals surface area contributed by atoms with Crippen LogP contribution in [0.2, 0.25) is 0 Å². The molecule has 0 aliphatic rings. The van der Waals surface area contributed by atoms with E-state index in [-0.39, 0.29) is 24.5 Å². The average Bonchev–Trinajstić information content (AvgIpc) is 2.26. The third-order valence-corrected chi connectivity index (χ3v) is 3.26. The first-order chi connectivity index (χ1) is 7.93. The van der Waals surface area contributed by atoms with Crippen LogP contribution in [0.3, 0.4) is 0 Å². The molecule has 0 aliphatic heterocycles. The number of aliphatic hydroxyl groups excluding tert-OH is 1. The van der Waals surface area contributed by atoms with Gasteiger partial charge in [0.25, 0.3) is 5.91 Å². The number of aryl methyl sites for hydroxylation is 1. The molecule has 0 saturated carbocycles. The Bertz CT molecular complexity index is 386. The van der Waals surface area contributed by atoms with Crippen molar-refractivity contribution in [3.05, 3.63) is 33.8 Å². The predicted molar refractivity (Wildman–Crippen MR) is 72.1 cm³/mol. The second kappa shape index (κ2) is 6.17. The Morgan fingerprint density at radius 3 is 2.59 bits per heavy atom. The molecule has 1 amide bonds. The molecule has 0 spiro atoms. The fraction of sp³-hybridized carbons (Fsp3) is 0.462. The Morgan fingerprint density at radius 2 is 2.06 bits per heavy atom. The minimum absolute atomic E-state index is 0.0483. The number of amides is 1. The molecule has 0 radical (unpaired) electrons. The van der Waals surface area contributed by atoms with Gasteiger partial charge in [0, 0.05) is 22.7 Å². The van der Waals surface area contributed by atoms with E-state index in [1.807, 2.05) is 32.9 Å². The number of benzene rings is 1. The van der Waals surface area contributed by atoms with E-state index >= 15 is 0 Å². The normalized spacial score (nSPS) is 14.2. The zero-order valence-electron chi connectivity index (χ0n) is 10.3. The highest BCUT2D eigenvalue weighted by molar-refractivity contribution is 9.10. The van der Waals surface area contributed by atoms with Crippen LogP contribution < -0.4 is 5.32 Å². The first kappa shape index (κ1) is 14.2. The average molecular weight is 300 g/mol. The summed E-state index contributed by atoms with van der Waals surface area (Å²) >= 11 is 3.37. The van der Waals surface area contributed by atoms with Gasteiger partial charge in [-0.1, -0.05) is 22.9 Å². The summed E-state index contributed by atoms with van der Waals surface area (Å²) in [4.78, 5) is 12.0. The highest BCUT2D eigenvalue weighted by atomic mass is 79.9. The van der Waals surface area contributed by atoms with Crippen molar-refractivity contribution in [2.75, 3.05) is 6.61 Å².